The Morgan fingerprint density at radius 3 is 2.67 bits per heavy atom. The summed E-state index contributed by atoms with van der Waals surface area (Å²) in [6, 6.07) is 13.4. The van der Waals surface area contributed by atoms with E-state index in [9.17, 15) is 4.79 Å². The van der Waals surface area contributed by atoms with Crippen molar-refractivity contribution in [2.75, 3.05) is 13.7 Å². The number of methoxy groups -OCH3 is 1. The number of carbonyl (C=O) groups excluding carboxylic acids is 1. The first-order chi connectivity index (χ1) is 13.0. The first kappa shape index (κ1) is 20.7. The molecule has 1 unspecified atom stereocenters. The Hall–Kier alpha value is -2.57. The van der Waals surface area contributed by atoms with Crippen LogP contribution in [0.3, 0.4) is 0 Å². The van der Waals surface area contributed by atoms with Gasteiger partial charge in [0.2, 0.25) is 0 Å². The van der Waals surface area contributed by atoms with Crippen LogP contribution < -0.4 is 15.8 Å². The second-order valence-corrected chi connectivity index (χ2v) is 7.34. The van der Waals surface area contributed by atoms with E-state index >= 15 is 0 Å². The molecular formula is C21H26N2O3S. The number of allylic oxidation sites excluding steroid dienone is 1. The molecule has 1 aromatic heterocycles. The molecule has 1 amide bonds. The molecule has 0 aliphatic rings. The van der Waals surface area contributed by atoms with Crippen LogP contribution in [0.4, 0.5) is 0 Å². The van der Waals surface area contributed by atoms with Crippen LogP contribution in [0, 0.1) is 5.92 Å². The molecule has 27 heavy (non-hydrogen) atoms. The number of rotatable bonds is 9. The number of para-hydroxylation sites is 1. The van der Waals surface area contributed by atoms with Crippen LogP contribution in [-0.4, -0.2) is 19.6 Å². The molecule has 0 radical (unpaired) electrons. The van der Waals surface area contributed by atoms with Gasteiger partial charge in [-0.25, -0.2) is 0 Å². The van der Waals surface area contributed by atoms with Crippen molar-refractivity contribution in [2.24, 2.45) is 11.7 Å². The third kappa shape index (κ3) is 6.92. The summed E-state index contributed by atoms with van der Waals surface area (Å²) >= 11 is 1.50. The van der Waals surface area contributed by atoms with Crippen LogP contribution in [0.5, 0.6) is 10.8 Å². The van der Waals surface area contributed by atoms with E-state index in [2.05, 4.69) is 5.32 Å². The van der Waals surface area contributed by atoms with Crippen LogP contribution in [0.25, 0.3) is 0 Å². The molecule has 1 heterocycles. The summed E-state index contributed by atoms with van der Waals surface area (Å²) in [5.74, 6) is 0.788. The van der Waals surface area contributed by atoms with Gasteiger partial charge in [-0.3, -0.25) is 4.79 Å². The maximum absolute atomic E-state index is 12.5. The lowest BCUT2D eigenvalue weighted by molar-refractivity contribution is -0.117. The molecule has 5 nitrogen and oxygen atoms in total. The monoisotopic (exact) mass is 386 g/mol. The third-order valence-electron chi connectivity index (χ3n) is 3.71. The average molecular weight is 387 g/mol. The first-order valence-electron chi connectivity index (χ1n) is 8.73. The van der Waals surface area contributed by atoms with E-state index in [1.165, 1.54) is 11.3 Å². The van der Waals surface area contributed by atoms with Crippen LogP contribution in [0.2, 0.25) is 0 Å². The number of nitrogens with two attached hydrogens (primary N) is 1. The van der Waals surface area contributed by atoms with Gasteiger partial charge in [-0.1, -0.05) is 37.3 Å². The highest BCUT2D eigenvalue weighted by molar-refractivity contribution is 7.13. The molecule has 0 fully saturated rings. The van der Waals surface area contributed by atoms with Crippen molar-refractivity contribution in [3.8, 4) is 10.8 Å². The minimum absolute atomic E-state index is 0.199. The molecular weight excluding hydrogens is 360 g/mol. The Labute approximate surface area is 164 Å². The van der Waals surface area contributed by atoms with Gasteiger partial charge in [-0.05, 0) is 37.1 Å². The third-order valence-corrected chi connectivity index (χ3v) is 4.68. The Morgan fingerprint density at radius 2 is 2.00 bits per heavy atom. The van der Waals surface area contributed by atoms with Crippen LogP contribution in [-0.2, 0) is 16.1 Å². The molecule has 6 heteroatoms. The van der Waals surface area contributed by atoms with Gasteiger partial charge in [0.05, 0.1) is 18.7 Å². The minimum atomic E-state index is -0.199. The average Bonchev–Trinajstić information content (AvgIpc) is 3.08. The highest BCUT2D eigenvalue weighted by Crippen LogP contribution is 2.29. The Kier molecular flexibility index (Phi) is 8.10. The Morgan fingerprint density at radius 1 is 1.26 bits per heavy atom. The summed E-state index contributed by atoms with van der Waals surface area (Å²) in [5, 5.41) is 3.69. The van der Waals surface area contributed by atoms with Crippen molar-refractivity contribution in [1.82, 2.24) is 5.32 Å². The molecule has 0 spiro atoms. The topological polar surface area (TPSA) is 73.6 Å². The fourth-order valence-electron chi connectivity index (χ4n) is 2.34. The van der Waals surface area contributed by atoms with Crippen LogP contribution in [0.1, 0.15) is 18.7 Å². The first-order valence-corrected chi connectivity index (χ1v) is 9.54. The lowest BCUT2D eigenvalue weighted by Crippen LogP contribution is -2.25. The van der Waals surface area contributed by atoms with E-state index in [4.69, 9.17) is 15.2 Å². The standard InChI is InChI=1S/C21H26N2O3S/c1-15(14-25-3)9-11-19(16(2)22)21(24)23-13-18-10-12-20(27-18)26-17-7-5-4-6-8-17/h4-12,15H,13-14,22H2,1-3H3,(H,23,24)/b11-9-,19-16-. The van der Waals surface area contributed by atoms with E-state index in [1.807, 2.05) is 55.5 Å². The quantitative estimate of drug-likeness (QED) is 0.500. The fourth-order valence-corrected chi connectivity index (χ4v) is 3.15. The minimum Gasteiger partial charge on any atom is -0.447 e. The lowest BCUT2D eigenvalue weighted by Gasteiger charge is -2.08. The van der Waals surface area contributed by atoms with Gasteiger partial charge in [-0.15, -0.1) is 11.3 Å². The van der Waals surface area contributed by atoms with Crippen molar-refractivity contribution in [3.63, 3.8) is 0 Å². The Balaban J connectivity index is 1.93. The molecule has 0 bridgehead atoms. The number of carbonyl (C=O) groups is 1. The molecule has 2 rings (SSSR count). The number of hydrogen-bond acceptors (Lipinski definition) is 5. The number of amides is 1. The van der Waals surface area contributed by atoms with Gasteiger partial charge in [0, 0.05) is 17.7 Å². The Bertz CT molecular complexity index is 793. The van der Waals surface area contributed by atoms with E-state index in [1.54, 1.807) is 20.1 Å². The van der Waals surface area contributed by atoms with E-state index in [0.29, 0.717) is 24.4 Å². The van der Waals surface area contributed by atoms with E-state index in [0.717, 1.165) is 15.7 Å². The number of thiophene rings is 1. The molecule has 0 saturated carbocycles. The lowest BCUT2D eigenvalue weighted by atomic mass is 10.1. The maximum atomic E-state index is 12.5. The van der Waals surface area contributed by atoms with Crippen molar-refractivity contribution >= 4 is 17.2 Å². The second kappa shape index (κ2) is 10.5. The highest BCUT2D eigenvalue weighted by Gasteiger charge is 2.10. The molecule has 1 aromatic carbocycles. The summed E-state index contributed by atoms with van der Waals surface area (Å²) in [7, 11) is 1.65. The largest absolute Gasteiger partial charge is 0.447 e. The zero-order chi connectivity index (χ0) is 19.6. The number of hydrogen-bond donors (Lipinski definition) is 2. The SMILES string of the molecule is COCC(C)/C=C\C(C(=O)NCc1ccc(Oc2ccccc2)s1)=C(/C)N. The number of benzene rings is 1. The molecule has 2 aromatic rings. The second-order valence-electron chi connectivity index (χ2n) is 6.21. The molecule has 0 saturated heterocycles. The summed E-state index contributed by atoms with van der Waals surface area (Å²) in [6.07, 6.45) is 3.68. The van der Waals surface area contributed by atoms with Gasteiger partial charge in [0.15, 0.2) is 5.06 Å². The number of ether oxygens (including phenoxy) is 2. The smallest absolute Gasteiger partial charge is 0.253 e. The predicted octanol–water partition coefficient (Wildman–Crippen LogP) is 4.23. The van der Waals surface area contributed by atoms with E-state index in [-0.39, 0.29) is 11.8 Å². The summed E-state index contributed by atoms with van der Waals surface area (Å²) < 4.78 is 10.9. The zero-order valence-electron chi connectivity index (χ0n) is 15.9. The van der Waals surface area contributed by atoms with Gasteiger partial charge < -0.3 is 20.5 Å². The van der Waals surface area contributed by atoms with Crippen molar-refractivity contribution in [3.05, 3.63) is 70.8 Å². The normalized spacial score (nSPS) is 13.3. The van der Waals surface area contributed by atoms with Crippen molar-refractivity contribution < 1.29 is 14.3 Å². The molecule has 144 valence electrons. The molecule has 0 aliphatic heterocycles. The van der Waals surface area contributed by atoms with Crippen LogP contribution in [0.15, 0.2) is 65.9 Å². The zero-order valence-corrected chi connectivity index (χ0v) is 16.7. The fraction of sp³-hybridized carbons (Fsp3) is 0.286. The van der Waals surface area contributed by atoms with Crippen LogP contribution >= 0.6 is 11.3 Å². The van der Waals surface area contributed by atoms with Crippen molar-refractivity contribution in [1.29, 1.82) is 0 Å². The molecule has 1 atom stereocenters. The van der Waals surface area contributed by atoms with Crippen molar-refractivity contribution in [2.45, 2.75) is 20.4 Å². The summed E-state index contributed by atoms with van der Waals surface area (Å²) in [6.45, 7) is 4.74. The highest BCUT2D eigenvalue weighted by atomic mass is 32.1. The molecule has 3 N–H and O–H groups in total. The van der Waals surface area contributed by atoms with Gasteiger partial charge in [0.25, 0.3) is 5.91 Å². The summed E-state index contributed by atoms with van der Waals surface area (Å²) in [5.41, 5.74) is 6.82. The maximum Gasteiger partial charge on any atom is 0.253 e. The van der Waals surface area contributed by atoms with E-state index < -0.39 is 0 Å². The predicted molar refractivity (Wildman–Crippen MR) is 110 cm³/mol. The molecule has 0 aliphatic carbocycles. The van der Waals surface area contributed by atoms with Gasteiger partial charge in [0.1, 0.15) is 5.75 Å². The van der Waals surface area contributed by atoms with Gasteiger partial charge >= 0.3 is 0 Å². The van der Waals surface area contributed by atoms with Gasteiger partial charge in [-0.2, -0.15) is 0 Å². The summed E-state index contributed by atoms with van der Waals surface area (Å²) in [4.78, 5) is 13.5. The number of nitrogens with one attached hydrogen (secondary N) is 1.